The van der Waals surface area contributed by atoms with Crippen LogP contribution in [0.5, 0.6) is 0 Å². The topological polar surface area (TPSA) is 125 Å². The summed E-state index contributed by atoms with van der Waals surface area (Å²) in [4.78, 5) is 48.1. The quantitative estimate of drug-likeness (QED) is 0.593. The first-order valence-corrected chi connectivity index (χ1v) is 10.8. The Hall–Kier alpha value is -3.88. The van der Waals surface area contributed by atoms with E-state index in [4.69, 9.17) is 4.74 Å². The van der Waals surface area contributed by atoms with E-state index < -0.39 is 35.8 Å². The third kappa shape index (κ3) is 4.39. The molecule has 0 spiro atoms. The van der Waals surface area contributed by atoms with Crippen molar-refractivity contribution in [2.45, 2.75) is 31.7 Å². The lowest BCUT2D eigenvalue weighted by Crippen LogP contribution is -2.50. The lowest BCUT2D eigenvalue weighted by atomic mass is 9.98. The van der Waals surface area contributed by atoms with Crippen LogP contribution in [-0.2, 0) is 19.1 Å². The number of alkyl carbamates (subject to hydrolysis) is 1. The summed E-state index contributed by atoms with van der Waals surface area (Å²) in [7, 11) is 0. The van der Waals surface area contributed by atoms with E-state index in [9.17, 15) is 24.3 Å². The normalized spacial score (nSPS) is 17.7. The molecule has 172 valence electrons. The van der Waals surface area contributed by atoms with Gasteiger partial charge in [0.25, 0.3) is 0 Å². The molecule has 0 bridgehead atoms. The molecule has 33 heavy (non-hydrogen) atoms. The van der Waals surface area contributed by atoms with Crippen molar-refractivity contribution in [1.82, 2.24) is 15.8 Å². The van der Waals surface area contributed by atoms with Crippen LogP contribution < -0.4 is 10.7 Å². The minimum atomic E-state index is -1.26. The summed E-state index contributed by atoms with van der Waals surface area (Å²) < 4.78 is 5.48. The van der Waals surface area contributed by atoms with E-state index in [1.165, 1.54) is 0 Å². The number of aliphatic carboxylic acids is 1. The van der Waals surface area contributed by atoms with Gasteiger partial charge in [-0.3, -0.25) is 15.0 Å². The molecular formula is C24H25N3O6. The molecule has 9 heteroatoms. The van der Waals surface area contributed by atoms with Crippen molar-refractivity contribution < 1.29 is 29.0 Å². The van der Waals surface area contributed by atoms with Crippen LogP contribution in [0.3, 0.4) is 0 Å². The molecule has 0 radical (unpaired) electrons. The van der Waals surface area contributed by atoms with E-state index in [0.717, 1.165) is 27.3 Å². The number of fused-ring (bicyclic) bond motifs is 3. The zero-order chi connectivity index (χ0) is 23.5. The van der Waals surface area contributed by atoms with Gasteiger partial charge in [-0.25, -0.2) is 14.6 Å². The number of carbonyl (C=O) groups excluding carboxylic acids is 3. The van der Waals surface area contributed by atoms with Crippen LogP contribution in [0, 0.1) is 5.92 Å². The molecule has 2 aliphatic rings. The molecular weight excluding hydrogens is 426 g/mol. The SMILES string of the molecule is CCC(CNC(=O)OCC1c2ccccc2-c2ccccc21)C(=O)N1NC(=O)CC1C(=O)O. The maximum absolute atomic E-state index is 12.7. The average molecular weight is 451 g/mol. The number of carbonyl (C=O) groups is 4. The van der Waals surface area contributed by atoms with Gasteiger partial charge >= 0.3 is 12.1 Å². The summed E-state index contributed by atoms with van der Waals surface area (Å²) in [6.07, 6.45) is -0.609. The number of rotatable bonds is 7. The fourth-order valence-electron chi connectivity index (χ4n) is 4.39. The van der Waals surface area contributed by atoms with Crippen LogP contribution in [0.1, 0.15) is 36.8 Å². The monoisotopic (exact) mass is 451 g/mol. The Balaban J connectivity index is 1.35. The van der Waals surface area contributed by atoms with Crippen molar-refractivity contribution in [3.8, 4) is 11.1 Å². The second-order valence-corrected chi connectivity index (χ2v) is 8.11. The standard InChI is InChI=1S/C24H25N3O6/c1-2-14(22(29)27-20(23(30)31)11-21(28)26-27)12-25-24(32)33-13-19-17-9-5-3-7-15(17)16-8-4-6-10-18(16)19/h3-10,14,19-20H,2,11-13H2,1H3,(H,25,32)(H,26,28)(H,30,31). The number of nitrogens with zero attached hydrogens (tertiary/aromatic N) is 1. The van der Waals surface area contributed by atoms with Crippen LogP contribution in [0.25, 0.3) is 11.1 Å². The Morgan fingerprint density at radius 1 is 1.12 bits per heavy atom. The minimum absolute atomic E-state index is 0.0370. The van der Waals surface area contributed by atoms with E-state index in [1.807, 2.05) is 48.5 Å². The van der Waals surface area contributed by atoms with Crippen molar-refractivity contribution >= 4 is 23.9 Å². The molecule has 3 amide bonds. The van der Waals surface area contributed by atoms with E-state index >= 15 is 0 Å². The van der Waals surface area contributed by atoms with Gasteiger partial charge in [-0.1, -0.05) is 55.5 Å². The van der Waals surface area contributed by atoms with Crippen LogP contribution in [0.15, 0.2) is 48.5 Å². The number of benzene rings is 2. The van der Waals surface area contributed by atoms with Gasteiger partial charge in [-0.05, 0) is 28.7 Å². The molecule has 0 saturated carbocycles. The maximum Gasteiger partial charge on any atom is 0.407 e. The molecule has 1 saturated heterocycles. The smallest absolute Gasteiger partial charge is 0.407 e. The number of carboxylic acid groups (broad SMARTS) is 1. The summed E-state index contributed by atoms with van der Waals surface area (Å²) in [6, 6.07) is 14.8. The first kappa shape index (κ1) is 22.3. The molecule has 1 aliphatic carbocycles. The van der Waals surface area contributed by atoms with Gasteiger partial charge in [0, 0.05) is 12.5 Å². The summed E-state index contributed by atoms with van der Waals surface area (Å²) in [5.41, 5.74) is 6.73. The Bertz CT molecular complexity index is 1060. The molecule has 0 aromatic heterocycles. The van der Waals surface area contributed by atoms with Crippen LogP contribution in [0.4, 0.5) is 4.79 Å². The van der Waals surface area contributed by atoms with E-state index in [0.29, 0.717) is 6.42 Å². The van der Waals surface area contributed by atoms with Gasteiger partial charge in [0.05, 0.1) is 12.3 Å². The van der Waals surface area contributed by atoms with Gasteiger partial charge in [-0.2, -0.15) is 0 Å². The Labute approximate surface area is 190 Å². The molecule has 2 atom stereocenters. The number of hydrogen-bond donors (Lipinski definition) is 3. The molecule has 1 fully saturated rings. The predicted octanol–water partition coefficient (Wildman–Crippen LogP) is 2.27. The van der Waals surface area contributed by atoms with Crippen molar-refractivity contribution in [2.75, 3.05) is 13.2 Å². The number of amides is 3. The molecule has 2 aromatic rings. The molecule has 9 nitrogen and oxygen atoms in total. The largest absolute Gasteiger partial charge is 0.480 e. The second-order valence-electron chi connectivity index (χ2n) is 8.11. The molecule has 1 heterocycles. The van der Waals surface area contributed by atoms with Crippen molar-refractivity contribution in [3.63, 3.8) is 0 Å². The predicted molar refractivity (Wildman–Crippen MR) is 118 cm³/mol. The summed E-state index contributed by atoms with van der Waals surface area (Å²) in [5, 5.41) is 12.7. The van der Waals surface area contributed by atoms with Crippen molar-refractivity contribution in [3.05, 3.63) is 59.7 Å². The van der Waals surface area contributed by atoms with Crippen molar-refractivity contribution in [1.29, 1.82) is 0 Å². The highest BCUT2D eigenvalue weighted by Gasteiger charge is 2.41. The van der Waals surface area contributed by atoms with E-state index in [1.54, 1.807) is 6.92 Å². The van der Waals surface area contributed by atoms with Gasteiger partial charge in [0.2, 0.25) is 11.8 Å². The number of hydrazine groups is 1. The molecule has 2 unspecified atom stereocenters. The zero-order valence-electron chi connectivity index (χ0n) is 18.1. The van der Waals surface area contributed by atoms with Gasteiger partial charge in [-0.15, -0.1) is 0 Å². The van der Waals surface area contributed by atoms with Crippen molar-refractivity contribution in [2.24, 2.45) is 5.92 Å². The number of hydrogen-bond acceptors (Lipinski definition) is 5. The lowest BCUT2D eigenvalue weighted by molar-refractivity contribution is -0.152. The van der Waals surface area contributed by atoms with Gasteiger partial charge in [0.1, 0.15) is 6.61 Å². The van der Waals surface area contributed by atoms with E-state index in [-0.39, 0.29) is 25.5 Å². The summed E-state index contributed by atoms with van der Waals surface area (Å²) >= 11 is 0. The Morgan fingerprint density at radius 3 is 2.30 bits per heavy atom. The first-order valence-electron chi connectivity index (χ1n) is 10.8. The number of ether oxygens (including phenoxy) is 1. The molecule has 3 N–H and O–H groups in total. The zero-order valence-corrected chi connectivity index (χ0v) is 18.1. The minimum Gasteiger partial charge on any atom is -0.480 e. The molecule has 2 aromatic carbocycles. The second kappa shape index (κ2) is 9.32. The highest BCUT2D eigenvalue weighted by atomic mass is 16.5. The highest BCUT2D eigenvalue weighted by Crippen LogP contribution is 2.44. The first-order chi connectivity index (χ1) is 15.9. The summed E-state index contributed by atoms with van der Waals surface area (Å²) in [5.74, 6) is -3.14. The van der Waals surface area contributed by atoms with E-state index in [2.05, 4.69) is 10.7 Å². The highest BCUT2D eigenvalue weighted by molar-refractivity contribution is 5.94. The molecule has 1 aliphatic heterocycles. The number of carboxylic acids is 1. The summed E-state index contributed by atoms with van der Waals surface area (Å²) in [6.45, 7) is 1.86. The van der Waals surface area contributed by atoms with Crippen LogP contribution in [0.2, 0.25) is 0 Å². The average Bonchev–Trinajstić information content (AvgIpc) is 3.36. The van der Waals surface area contributed by atoms with Gasteiger partial charge in [0.15, 0.2) is 6.04 Å². The lowest BCUT2D eigenvalue weighted by Gasteiger charge is -2.25. The van der Waals surface area contributed by atoms with Gasteiger partial charge < -0.3 is 15.2 Å². The fraction of sp³-hybridized carbons (Fsp3) is 0.333. The molecule has 4 rings (SSSR count). The third-order valence-corrected chi connectivity index (χ3v) is 6.14. The number of nitrogens with one attached hydrogen (secondary N) is 2. The van der Waals surface area contributed by atoms with Crippen LogP contribution >= 0.6 is 0 Å². The van der Waals surface area contributed by atoms with Crippen LogP contribution in [-0.4, -0.2) is 53.2 Å². The maximum atomic E-state index is 12.7. The fourth-order valence-corrected chi connectivity index (χ4v) is 4.39. The third-order valence-electron chi connectivity index (χ3n) is 6.14. The Kier molecular flexibility index (Phi) is 6.30. The Morgan fingerprint density at radius 2 is 1.73 bits per heavy atom.